The Morgan fingerprint density at radius 2 is 1.95 bits per heavy atom. The molecule has 0 fully saturated rings. The van der Waals surface area contributed by atoms with Gasteiger partial charge in [0, 0.05) is 19.8 Å². The number of anilines is 1. The van der Waals surface area contributed by atoms with E-state index in [0.717, 1.165) is 20.8 Å². The van der Waals surface area contributed by atoms with Crippen LogP contribution in [0.5, 0.6) is 0 Å². The molecule has 2 aromatic rings. The molecule has 0 spiro atoms. The Hall–Kier alpha value is -1.64. The van der Waals surface area contributed by atoms with Crippen molar-refractivity contribution in [2.45, 2.75) is 16.5 Å². The SMILES string of the molecule is CN(C)c1nnc(SCc2ccc(CC(=O)NN)cc2)s1. The monoisotopic (exact) mass is 323 g/mol. The molecule has 21 heavy (non-hydrogen) atoms. The van der Waals surface area contributed by atoms with Gasteiger partial charge in [-0.05, 0) is 11.1 Å². The summed E-state index contributed by atoms with van der Waals surface area (Å²) in [7, 11) is 3.90. The van der Waals surface area contributed by atoms with Gasteiger partial charge in [-0.15, -0.1) is 10.2 Å². The quantitative estimate of drug-likeness (QED) is 0.362. The van der Waals surface area contributed by atoms with Gasteiger partial charge in [0.1, 0.15) is 0 Å². The zero-order valence-electron chi connectivity index (χ0n) is 11.9. The minimum Gasteiger partial charge on any atom is -0.353 e. The largest absolute Gasteiger partial charge is 0.353 e. The van der Waals surface area contributed by atoms with Crippen LogP contribution in [0, 0.1) is 0 Å². The molecule has 112 valence electrons. The highest BCUT2D eigenvalue weighted by Crippen LogP contribution is 2.29. The molecule has 0 aliphatic heterocycles. The minimum atomic E-state index is -0.192. The maximum absolute atomic E-state index is 11.2. The summed E-state index contributed by atoms with van der Waals surface area (Å²) in [5.74, 6) is 5.70. The van der Waals surface area contributed by atoms with Crippen LogP contribution < -0.4 is 16.2 Å². The molecule has 0 bridgehead atoms. The fraction of sp³-hybridized carbons (Fsp3) is 0.308. The Bertz CT molecular complexity index is 597. The smallest absolute Gasteiger partial charge is 0.238 e. The molecule has 6 nitrogen and oxygen atoms in total. The molecule has 1 amide bonds. The van der Waals surface area contributed by atoms with Gasteiger partial charge < -0.3 is 4.90 Å². The predicted molar refractivity (Wildman–Crippen MR) is 86.3 cm³/mol. The van der Waals surface area contributed by atoms with Crippen LogP contribution in [0.4, 0.5) is 5.13 Å². The number of amides is 1. The number of nitrogens with two attached hydrogens (primary N) is 1. The fourth-order valence-corrected chi connectivity index (χ4v) is 3.30. The van der Waals surface area contributed by atoms with E-state index in [9.17, 15) is 4.79 Å². The van der Waals surface area contributed by atoms with E-state index < -0.39 is 0 Å². The first-order chi connectivity index (χ1) is 10.1. The fourth-order valence-electron chi connectivity index (χ4n) is 1.58. The van der Waals surface area contributed by atoms with Gasteiger partial charge >= 0.3 is 0 Å². The summed E-state index contributed by atoms with van der Waals surface area (Å²) in [5, 5.41) is 9.15. The summed E-state index contributed by atoms with van der Waals surface area (Å²) in [6, 6.07) is 7.91. The van der Waals surface area contributed by atoms with Crippen LogP contribution in [0.3, 0.4) is 0 Å². The number of nitrogens with zero attached hydrogens (tertiary/aromatic N) is 3. The van der Waals surface area contributed by atoms with Gasteiger partial charge in [-0.1, -0.05) is 47.4 Å². The zero-order valence-corrected chi connectivity index (χ0v) is 13.5. The van der Waals surface area contributed by atoms with Gasteiger partial charge in [-0.3, -0.25) is 10.2 Å². The summed E-state index contributed by atoms with van der Waals surface area (Å²) >= 11 is 3.23. The summed E-state index contributed by atoms with van der Waals surface area (Å²) in [5.41, 5.74) is 4.25. The summed E-state index contributed by atoms with van der Waals surface area (Å²) in [6.07, 6.45) is 0.298. The highest BCUT2D eigenvalue weighted by Gasteiger charge is 2.07. The number of hydrazine groups is 1. The average molecular weight is 323 g/mol. The second kappa shape index (κ2) is 7.39. The van der Waals surface area contributed by atoms with Crippen LogP contribution in [0.15, 0.2) is 28.6 Å². The van der Waals surface area contributed by atoms with Crippen molar-refractivity contribution in [1.29, 1.82) is 0 Å². The topological polar surface area (TPSA) is 84.1 Å². The number of carbonyl (C=O) groups excluding carboxylic acids is 1. The molecule has 3 N–H and O–H groups in total. The van der Waals surface area contributed by atoms with Gasteiger partial charge in [0.2, 0.25) is 11.0 Å². The molecule has 1 aromatic heterocycles. The van der Waals surface area contributed by atoms with Crippen molar-refractivity contribution in [3.63, 3.8) is 0 Å². The third-order valence-electron chi connectivity index (χ3n) is 2.69. The van der Waals surface area contributed by atoms with E-state index in [1.807, 2.05) is 43.3 Å². The van der Waals surface area contributed by atoms with E-state index in [4.69, 9.17) is 5.84 Å². The Morgan fingerprint density at radius 1 is 1.29 bits per heavy atom. The van der Waals surface area contributed by atoms with E-state index in [-0.39, 0.29) is 5.91 Å². The van der Waals surface area contributed by atoms with Crippen LogP contribution in [0.25, 0.3) is 0 Å². The van der Waals surface area contributed by atoms with Gasteiger partial charge in [0.15, 0.2) is 4.34 Å². The van der Waals surface area contributed by atoms with Crippen LogP contribution in [-0.4, -0.2) is 30.2 Å². The lowest BCUT2D eigenvalue weighted by molar-refractivity contribution is -0.120. The number of rotatable bonds is 6. The molecule has 0 saturated heterocycles. The Kier molecular flexibility index (Phi) is 5.54. The minimum absolute atomic E-state index is 0.192. The lowest BCUT2D eigenvalue weighted by atomic mass is 10.1. The molecule has 0 aliphatic rings. The highest BCUT2D eigenvalue weighted by molar-refractivity contribution is 8.00. The third-order valence-corrected chi connectivity index (χ3v) is 4.98. The summed E-state index contributed by atoms with van der Waals surface area (Å²) in [4.78, 5) is 13.1. The Morgan fingerprint density at radius 3 is 2.52 bits per heavy atom. The normalized spacial score (nSPS) is 10.4. The van der Waals surface area contributed by atoms with Crippen molar-refractivity contribution < 1.29 is 4.79 Å². The number of benzene rings is 1. The number of thioether (sulfide) groups is 1. The predicted octanol–water partition coefficient (Wildman–Crippen LogP) is 1.43. The number of carbonyl (C=O) groups is 1. The lowest BCUT2D eigenvalue weighted by Crippen LogP contribution is -2.31. The van der Waals surface area contributed by atoms with Crippen LogP contribution in [-0.2, 0) is 17.0 Å². The molecule has 0 aliphatic carbocycles. The first-order valence-corrected chi connectivity index (χ1v) is 8.09. The Balaban J connectivity index is 1.89. The number of nitrogens with one attached hydrogen (secondary N) is 1. The molecule has 0 unspecified atom stereocenters. The van der Waals surface area contributed by atoms with Crippen molar-refractivity contribution in [2.24, 2.45) is 5.84 Å². The van der Waals surface area contributed by atoms with Gasteiger partial charge in [0.25, 0.3) is 0 Å². The van der Waals surface area contributed by atoms with E-state index in [1.54, 1.807) is 23.1 Å². The molecule has 0 saturated carbocycles. The van der Waals surface area contributed by atoms with Gasteiger partial charge in [0.05, 0.1) is 6.42 Å². The van der Waals surface area contributed by atoms with Crippen LogP contribution >= 0.6 is 23.1 Å². The van der Waals surface area contributed by atoms with Crippen LogP contribution in [0.2, 0.25) is 0 Å². The van der Waals surface area contributed by atoms with Crippen molar-refractivity contribution in [2.75, 3.05) is 19.0 Å². The van der Waals surface area contributed by atoms with Crippen molar-refractivity contribution >= 4 is 34.1 Å². The maximum atomic E-state index is 11.2. The van der Waals surface area contributed by atoms with Crippen LogP contribution in [0.1, 0.15) is 11.1 Å². The van der Waals surface area contributed by atoms with E-state index in [1.165, 1.54) is 5.56 Å². The molecule has 1 aromatic carbocycles. The van der Waals surface area contributed by atoms with E-state index in [0.29, 0.717) is 6.42 Å². The first-order valence-electron chi connectivity index (χ1n) is 6.29. The van der Waals surface area contributed by atoms with E-state index >= 15 is 0 Å². The van der Waals surface area contributed by atoms with Gasteiger partial charge in [-0.2, -0.15) is 0 Å². The van der Waals surface area contributed by atoms with Crippen molar-refractivity contribution in [3.8, 4) is 0 Å². The summed E-state index contributed by atoms with van der Waals surface area (Å²) < 4.78 is 0.949. The second-order valence-electron chi connectivity index (χ2n) is 4.59. The first kappa shape index (κ1) is 15.7. The van der Waals surface area contributed by atoms with E-state index in [2.05, 4.69) is 15.6 Å². The molecule has 0 atom stereocenters. The molecule has 8 heteroatoms. The molecular formula is C13H17N5OS2. The molecule has 2 rings (SSSR count). The zero-order chi connectivity index (χ0) is 15.2. The Labute approximate surface area is 131 Å². The molecule has 1 heterocycles. The standard InChI is InChI=1S/C13H17N5OS2/c1-18(2)12-16-17-13(21-12)20-8-10-5-3-9(4-6-10)7-11(19)15-14/h3-6H,7-8,14H2,1-2H3,(H,15,19). The number of hydrogen-bond acceptors (Lipinski definition) is 7. The third kappa shape index (κ3) is 4.69. The molecular weight excluding hydrogens is 306 g/mol. The maximum Gasteiger partial charge on any atom is 0.238 e. The average Bonchev–Trinajstić information content (AvgIpc) is 2.95. The van der Waals surface area contributed by atoms with Crippen molar-refractivity contribution in [1.82, 2.24) is 15.6 Å². The van der Waals surface area contributed by atoms with Gasteiger partial charge in [-0.25, -0.2) is 5.84 Å². The highest BCUT2D eigenvalue weighted by atomic mass is 32.2. The summed E-state index contributed by atoms with van der Waals surface area (Å²) in [6.45, 7) is 0. The van der Waals surface area contributed by atoms with Crippen molar-refractivity contribution in [3.05, 3.63) is 35.4 Å². The molecule has 0 radical (unpaired) electrons. The number of hydrogen-bond donors (Lipinski definition) is 2. The lowest BCUT2D eigenvalue weighted by Gasteiger charge is -2.04. The second-order valence-corrected chi connectivity index (χ2v) is 6.77. The number of aromatic nitrogens is 2.